The van der Waals surface area contributed by atoms with Crippen LogP contribution in [0.4, 0.5) is 0 Å². The molecule has 0 aromatic heterocycles. The Bertz CT molecular complexity index is 789. The molecule has 1 aromatic rings. The van der Waals surface area contributed by atoms with Gasteiger partial charge < -0.3 is 18.9 Å². The first-order chi connectivity index (χ1) is 12.9. The fourth-order valence-corrected chi connectivity index (χ4v) is 4.22. The lowest BCUT2D eigenvalue weighted by molar-refractivity contribution is -0.170. The van der Waals surface area contributed by atoms with E-state index in [2.05, 4.69) is 0 Å². The molecule has 4 rings (SSSR count). The number of Topliss-reactive ketones (excluding diaryl/α,β-unsaturated/α-hetero) is 1. The normalized spacial score (nSPS) is 35.4. The third kappa shape index (κ3) is 2.99. The van der Waals surface area contributed by atoms with Crippen molar-refractivity contribution in [2.24, 2.45) is 10.9 Å². The van der Waals surface area contributed by atoms with Gasteiger partial charge in [0.2, 0.25) is 5.90 Å². The zero-order valence-corrected chi connectivity index (χ0v) is 15.6. The van der Waals surface area contributed by atoms with Gasteiger partial charge in [-0.1, -0.05) is 18.2 Å². The second-order valence-corrected chi connectivity index (χ2v) is 7.64. The molecule has 0 N–H and O–H groups in total. The number of cyclic esters (lactones) is 1. The summed E-state index contributed by atoms with van der Waals surface area (Å²) in [7, 11) is 1.49. The predicted octanol–water partition coefficient (Wildman–Crippen LogP) is 1.87. The van der Waals surface area contributed by atoms with Gasteiger partial charge in [0.1, 0.15) is 11.9 Å². The van der Waals surface area contributed by atoms with Crippen LogP contribution < -0.4 is 0 Å². The standard InChI is InChI=1S/C20H23NO6/c1-19(2)25-11-15(27-19)14-9-13(22)10-16(24-3)20(14)18(23)26-17(21-20)12-7-5-4-6-8-12/h4-8,14-16H,9-11H2,1-3H3/t14-,15+,16+,20+/m0/s1. The van der Waals surface area contributed by atoms with Crippen LogP contribution in [-0.2, 0) is 28.5 Å². The monoisotopic (exact) mass is 373 g/mol. The third-order valence-corrected chi connectivity index (χ3v) is 5.50. The highest BCUT2D eigenvalue weighted by atomic mass is 16.7. The zero-order chi connectivity index (χ0) is 19.2. The van der Waals surface area contributed by atoms with Crippen molar-refractivity contribution in [2.75, 3.05) is 13.7 Å². The highest BCUT2D eigenvalue weighted by Gasteiger charge is 2.64. The van der Waals surface area contributed by atoms with Gasteiger partial charge in [0, 0.05) is 31.4 Å². The Hall–Kier alpha value is -2.09. The van der Waals surface area contributed by atoms with Crippen LogP contribution in [0, 0.1) is 5.92 Å². The minimum atomic E-state index is -1.32. The fraction of sp³-hybridized carbons (Fsp3) is 0.550. The summed E-state index contributed by atoms with van der Waals surface area (Å²) in [5, 5.41) is 0. The largest absolute Gasteiger partial charge is 0.405 e. The molecule has 27 heavy (non-hydrogen) atoms. The molecule has 1 aliphatic carbocycles. The summed E-state index contributed by atoms with van der Waals surface area (Å²) in [5.74, 6) is -1.52. The number of hydrogen-bond donors (Lipinski definition) is 0. The van der Waals surface area contributed by atoms with Crippen LogP contribution in [-0.4, -0.2) is 54.9 Å². The van der Waals surface area contributed by atoms with Crippen LogP contribution in [0.1, 0.15) is 32.3 Å². The van der Waals surface area contributed by atoms with E-state index < -0.39 is 35.4 Å². The third-order valence-electron chi connectivity index (χ3n) is 5.50. The van der Waals surface area contributed by atoms with Crippen LogP contribution in [0.5, 0.6) is 0 Å². The van der Waals surface area contributed by atoms with Crippen molar-refractivity contribution in [2.45, 2.75) is 50.2 Å². The van der Waals surface area contributed by atoms with E-state index >= 15 is 0 Å². The van der Waals surface area contributed by atoms with Gasteiger partial charge in [0.05, 0.1) is 12.7 Å². The van der Waals surface area contributed by atoms with Crippen LogP contribution in [0.25, 0.3) is 0 Å². The lowest BCUT2D eigenvalue weighted by Gasteiger charge is -2.42. The quantitative estimate of drug-likeness (QED) is 0.752. The number of esters is 1. The summed E-state index contributed by atoms with van der Waals surface area (Å²) >= 11 is 0. The van der Waals surface area contributed by atoms with E-state index in [1.165, 1.54) is 7.11 Å². The molecule has 2 heterocycles. The Morgan fingerprint density at radius 2 is 1.89 bits per heavy atom. The van der Waals surface area contributed by atoms with Crippen molar-refractivity contribution >= 4 is 17.7 Å². The molecule has 0 radical (unpaired) electrons. The van der Waals surface area contributed by atoms with E-state index in [1.807, 2.05) is 44.2 Å². The molecule has 4 atom stereocenters. The molecule has 2 fully saturated rings. The number of hydrogen-bond acceptors (Lipinski definition) is 7. The van der Waals surface area contributed by atoms with Crippen LogP contribution in [0.2, 0.25) is 0 Å². The Balaban J connectivity index is 1.78. The number of ether oxygens (including phenoxy) is 4. The van der Waals surface area contributed by atoms with E-state index in [9.17, 15) is 9.59 Å². The van der Waals surface area contributed by atoms with Crippen molar-refractivity contribution in [3.63, 3.8) is 0 Å². The van der Waals surface area contributed by atoms with Gasteiger partial charge in [-0.05, 0) is 26.0 Å². The molecule has 0 amide bonds. The van der Waals surface area contributed by atoms with Gasteiger partial charge in [-0.2, -0.15) is 0 Å². The summed E-state index contributed by atoms with van der Waals surface area (Å²) in [6, 6.07) is 9.23. The summed E-state index contributed by atoms with van der Waals surface area (Å²) < 4.78 is 22.8. The topological polar surface area (TPSA) is 83.4 Å². The lowest BCUT2D eigenvalue weighted by atomic mass is 9.68. The summed E-state index contributed by atoms with van der Waals surface area (Å²) in [5.41, 5.74) is -0.611. The fourth-order valence-electron chi connectivity index (χ4n) is 4.22. The van der Waals surface area contributed by atoms with Crippen molar-refractivity contribution in [1.29, 1.82) is 0 Å². The van der Waals surface area contributed by atoms with E-state index in [0.717, 1.165) is 0 Å². The Morgan fingerprint density at radius 3 is 2.52 bits per heavy atom. The second-order valence-electron chi connectivity index (χ2n) is 7.64. The summed E-state index contributed by atoms with van der Waals surface area (Å²) in [6.07, 6.45) is -0.868. The first kappa shape index (κ1) is 18.3. The molecule has 2 aliphatic heterocycles. The Morgan fingerprint density at radius 1 is 1.15 bits per heavy atom. The SMILES string of the molecule is CO[C@@H]1CC(=O)C[C@@H]([C@H]2COC(C)(C)O2)[C@@]12N=C(c1ccccc1)OC2=O. The van der Waals surface area contributed by atoms with Crippen LogP contribution in [0.3, 0.4) is 0 Å². The molecule has 1 spiro atoms. The highest BCUT2D eigenvalue weighted by molar-refractivity contribution is 6.09. The number of nitrogens with zero attached hydrogens (tertiary/aromatic N) is 1. The molecular formula is C20H23NO6. The van der Waals surface area contributed by atoms with Crippen LogP contribution in [0.15, 0.2) is 35.3 Å². The summed E-state index contributed by atoms with van der Waals surface area (Å²) in [6.45, 7) is 3.90. The molecule has 144 valence electrons. The Kier molecular flexibility index (Phi) is 4.41. The molecule has 0 bridgehead atoms. The van der Waals surface area contributed by atoms with Gasteiger partial charge >= 0.3 is 5.97 Å². The predicted molar refractivity (Wildman–Crippen MR) is 95.2 cm³/mol. The molecule has 0 unspecified atom stereocenters. The smallest absolute Gasteiger partial charge is 0.344 e. The minimum Gasteiger partial charge on any atom is -0.405 e. The molecule has 7 heteroatoms. The maximum absolute atomic E-state index is 13.1. The van der Waals surface area contributed by atoms with E-state index in [1.54, 1.807) is 0 Å². The van der Waals surface area contributed by atoms with Crippen LogP contribution >= 0.6 is 0 Å². The number of aliphatic imine (C=N–C) groups is 1. The van der Waals surface area contributed by atoms with Crippen molar-refractivity contribution in [3.05, 3.63) is 35.9 Å². The maximum atomic E-state index is 13.1. The van der Waals surface area contributed by atoms with Crippen molar-refractivity contribution < 1.29 is 28.5 Å². The second kappa shape index (κ2) is 6.51. The number of carbonyl (C=O) groups excluding carboxylic acids is 2. The molecule has 3 aliphatic rings. The number of carbonyl (C=O) groups is 2. The zero-order valence-electron chi connectivity index (χ0n) is 15.6. The van der Waals surface area contributed by atoms with Gasteiger partial charge in [-0.25, -0.2) is 9.79 Å². The number of rotatable bonds is 3. The Labute approximate surface area is 157 Å². The average Bonchev–Trinajstić information content (AvgIpc) is 3.18. The van der Waals surface area contributed by atoms with E-state index in [0.29, 0.717) is 5.56 Å². The van der Waals surface area contributed by atoms with Crippen molar-refractivity contribution in [1.82, 2.24) is 0 Å². The maximum Gasteiger partial charge on any atom is 0.344 e. The van der Waals surface area contributed by atoms with Gasteiger partial charge in [0.25, 0.3) is 0 Å². The minimum absolute atomic E-state index is 0.0157. The van der Waals surface area contributed by atoms with E-state index in [4.69, 9.17) is 23.9 Å². The van der Waals surface area contributed by atoms with Gasteiger partial charge in [-0.3, -0.25) is 4.79 Å². The molecular weight excluding hydrogens is 350 g/mol. The first-order valence-corrected chi connectivity index (χ1v) is 9.09. The number of ketones is 1. The first-order valence-electron chi connectivity index (χ1n) is 9.09. The molecule has 7 nitrogen and oxygen atoms in total. The average molecular weight is 373 g/mol. The lowest BCUT2D eigenvalue weighted by Crippen LogP contribution is -2.60. The highest BCUT2D eigenvalue weighted by Crippen LogP contribution is 2.46. The number of benzene rings is 1. The van der Waals surface area contributed by atoms with Crippen molar-refractivity contribution in [3.8, 4) is 0 Å². The summed E-state index contributed by atoms with van der Waals surface area (Å²) in [4.78, 5) is 30.2. The van der Waals surface area contributed by atoms with E-state index in [-0.39, 0.29) is 31.1 Å². The molecule has 1 saturated carbocycles. The number of methoxy groups -OCH3 is 1. The molecule has 1 saturated heterocycles. The molecule has 1 aromatic carbocycles. The van der Waals surface area contributed by atoms with Gasteiger partial charge in [0.15, 0.2) is 11.3 Å². The van der Waals surface area contributed by atoms with Gasteiger partial charge in [-0.15, -0.1) is 0 Å².